The number of carbonyl (C=O) groups excluding carboxylic acids is 2. The molecule has 0 fully saturated rings. The summed E-state index contributed by atoms with van der Waals surface area (Å²) in [5.74, 6) is -0.146. The van der Waals surface area contributed by atoms with Crippen molar-refractivity contribution in [2.75, 3.05) is 22.6 Å². The maximum atomic E-state index is 12.0. The number of hydrogen-bond donors (Lipinski definition) is 5. The summed E-state index contributed by atoms with van der Waals surface area (Å²) in [6, 6.07) is 16.8. The smallest absolute Gasteiger partial charge is 0.254 e. The molecule has 1 heterocycles. The van der Waals surface area contributed by atoms with E-state index in [1.807, 2.05) is 36.4 Å². The minimum atomic E-state index is -0.627. The Bertz CT molecular complexity index is 1060. The van der Waals surface area contributed by atoms with Crippen LogP contribution in [0.2, 0.25) is 0 Å². The van der Waals surface area contributed by atoms with Crippen LogP contribution in [0, 0.1) is 0 Å². The molecule has 9 heteroatoms. The van der Waals surface area contributed by atoms with Crippen molar-refractivity contribution in [3.05, 3.63) is 71.9 Å². The van der Waals surface area contributed by atoms with Gasteiger partial charge in [0.1, 0.15) is 5.82 Å². The number of rotatable bonds is 11. The normalized spacial score (nSPS) is 10.4. The zero-order valence-corrected chi connectivity index (χ0v) is 17.5. The van der Waals surface area contributed by atoms with Gasteiger partial charge < -0.3 is 26.8 Å². The third kappa shape index (κ3) is 6.78. The summed E-state index contributed by atoms with van der Waals surface area (Å²) in [5, 5.41) is 17.9. The molecule has 0 unspecified atom stereocenters. The molecular weight excluding hydrogens is 408 g/mol. The first-order valence-electron chi connectivity index (χ1n) is 10.3. The number of nitrogens with one attached hydrogen (secondary N) is 3. The Morgan fingerprint density at radius 2 is 1.78 bits per heavy atom. The maximum Gasteiger partial charge on any atom is 0.254 e. The molecule has 0 bridgehead atoms. The highest BCUT2D eigenvalue weighted by molar-refractivity contribution is 5.97. The Hall–Kier alpha value is -3.98. The lowest BCUT2D eigenvalue weighted by Crippen LogP contribution is -2.17. The van der Waals surface area contributed by atoms with Gasteiger partial charge in [0.15, 0.2) is 0 Å². The monoisotopic (exact) mass is 434 g/mol. The molecule has 6 N–H and O–H groups in total. The maximum absolute atomic E-state index is 12.0. The highest BCUT2D eigenvalue weighted by atomic mass is 16.3. The number of unbranched alkanes of at least 4 members (excludes halogenated alkanes) is 1. The van der Waals surface area contributed by atoms with E-state index in [0.717, 1.165) is 5.56 Å². The van der Waals surface area contributed by atoms with E-state index < -0.39 is 5.91 Å². The topological polar surface area (TPSA) is 142 Å². The first kappa shape index (κ1) is 22.7. The van der Waals surface area contributed by atoms with Crippen molar-refractivity contribution in [3.63, 3.8) is 0 Å². The molecule has 9 nitrogen and oxygen atoms in total. The number of primary amides is 1. The molecule has 0 saturated heterocycles. The highest BCUT2D eigenvalue weighted by Crippen LogP contribution is 2.21. The molecule has 0 radical (unpaired) electrons. The summed E-state index contributed by atoms with van der Waals surface area (Å²) in [6.45, 7) is 0.540. The van der Waals surface area contributed by atoms with E-state index in [2.05, 4.69) is 25.9 Å². The summed E-state index contributed by atoms with van der Waals surface area (Å²) in [6.07, 6.45) is 2.93. The van der Waals surface area contributed by atoms with Crippen LogP contribution in [0.3, 0.4) is 0 Å². The number of nitrogens with two attached hydrogens (primary N) is 1. The molecular formula is C23H26N6O3. The Morgan fingerprint density at radius 3 is 2.53 bits per heavy atom. The summed E-state index contributed by atoms with van der Waals surface area (Å²) in [5.41, 5.74) is 7.97. The summed E-state index contributed by atoms with van der Waals surface area (Å²) in [7, 11) is 0. The second-order valence-electron chi connectivity index (χ2n) is 7.09. The zero-order chi connectivity index (χ0) is 22.8. The fourth-order valence-electron chi connectivity index (χ4n) is 2.96. The third-order valence-corrected chi connectivity index (χ3v) is 4.57. The molecule has 166 valence electrons. The van der Waals surface area contributed by atoms with Crippen LogP contribution in [-0.4, -0.2) is 33.5 Å². The van der Waals surface area contributed by atoms with Crippen molar-refractivity contribution in [1.82, 2.24) is 9.97 Å². The fourth-order valence-corrected chi connectivity index (χ4v) is 2.96. The van der Waals surface area contributed by atoms with E-state index in [4.69, 9.17) is 10.8 Å². The zero-order valence-electron chi connectivity index (χ0n) is 17.5. The first-order chi connectivity index (χ1) is 15.5. The molecule has 0 saturated carbocycles. The minimum absolute atomic E-state index is 0.0728. The molecule has 32 heavy (non-hydrogen) atoms. The molecule has 3 aromatic rings. The van der Waals surface area contributed by atoms with E-state index in [1.54, 1.807) is 18.2 Å². The summed E-state index contributed by atoms with van der Waals surface area (Å²) >= 11 is 0. The van der Waals surface area contributed by atoms with Crippen LogP contribution < -0.4 is 21.7 Å². The number of nitrogens with zero attached hydrogens (tertiary/aromatic N) is 2. The van der Waals surface area contributed by atoms with Crippen molar-refractivity contribution in [3.8, 4) is 0 Å². The van der Waals surface area contributed by atoms with Gasteiger partial charge in [-0.25, -0.2) is 4.98 Å². The number of aromatic nitrogens is 2. The van der Waals surface area contributed by atoms with Crippen LogP contribution in [-0.2, 0) is 11.3 Å². The van der Waals surface area contributed by atoms with E-state index in [-0.39, 0.29) is 24.0 Å². The van der Waals surface area contributed by atoms with Gasteiger partial charge in [-0.2, -0.15) is 4.98 Å². The van der Waals surface area contributed by atoms with E-state index >= 15 is 0 Å². The molecule has 2 aromatic carbocycles. The van der Waals surface area contributed by atoms with Gasteiger partial charge in [-0.3, -0.25) is 9.59 Å². The molecule has 0 aliphatic carbocycles. The third-order valence-electron chi connectivity index (χ3n) is 4.57. The predicted molar refractivity (Wildman–Crippen MR) is 124 cm³/mol. The van der Waals surface area contributed by atoms with Crippen molar-refractivity contribution >= 4 is 35.0 Å². The number of hydrogen-bond acceptors (Lipinski definition) is 7. The lowest BCUT2D eigenvalue weighted by Gasteiger charge is -2.12. The predicted octanol–water partition coefficient (Wildman–Crippen LogP) is 3.03. The number of benzene rings is 2. The lowest BCUT2D eigenvalue weighted by molar-refractivity contribution is -0.116. The van der Waals surface area contributed by atoms with Crippen LogP contribution in [0.15, 0.2) is 60.8 Å². The van der Waals surface area contributed by atoms with Gasteiger partial charge in [-0.05, 0) is 36.6 Å². The Balaban J connectivity index is 1.70. The Labute approximate surface area is 186 Å². The van der Waals surface area contributed by atoms with Gasteiger partial charge in [-0.15, -0.1) is 0 Å². The van der Waals surface area contributed by atoms with E-state index in [0.29, 0.717) is 43.0 Å². The molecule has 0 aliphatic rings. The van der Waals surface area contributed by atoms with Gasteiger partial charge in [0.2, 0.25) is 11.9 Å². The molecule has 1 aromatic heterocycles. The van der Waals surface area contributed by atoms with Crippen LogP contribution >= 0.6 is 0 Å². The van der Waals surface area contributed by atoms with Gasteiger partial charge >= 0.3 is 0 Å². The van der Waals surface area contributed by atoms with Crippen molar-refractivity contribution in [1.29, 1.82) is 0 Å². The summed E-state index contributed by atoms with van der Waals surface area (Å²) in [4.78, 5) is 32.4. The number of anilines is 4. The van der Waals surface area contributed by atoms with Crippen LogP contribution in [0.5, 0.6) is 0 Å². The quantitative estimate of drug-likeness (QED) is 0.292. The number of carbonyl (C=O) groups is 2. The Morgan fingerprint density at radius 1 is 1.00 bits per heavy atom. The average molecular weight is 435 g/mol. The van der Waals surface area contributed by atoms with Crippen LogP contribution in [0.25, 0.3) is 0 Å². The molecule has 2 amide bonds. The van der Waals surface area contributed by atoms with Crippen LogP contribution in [0.4, 0.5) is 23.1 Å². The first-order valence-corrected chi connectivity index (χ1v) is 10.3. The summed E-state index contributed by atoms with van der Waals surface area (Å²) < 4.78 is 0. The minimum Gasteiger partial charge on any atom is -0.396 e. The molecule has 0 aliphatic heterocycles. The second-order valence-corrected chi connectivity index (χ2v) is 7.09. The Kier molecular flexibility index (Phi) is 8.10. The number of aliphatic hydroxyl groups is 1. The lowest BCUT2D eigenvalue weighted by atomic mass is 10.2. The largest absolute Gasteiger partial charge is 0.396 e. The second kappa shape index (κ2) is 11.4. The molecule has 3 rings (SSSR count). The SMILES string of the molecule is NC(=O)c1cnc(Nc2cccc(NC(=O)CCCCO)c2)nc1NCc1ccccc1. The van der Waals surface area contributed by atoms with Gasteiger partial charge in [-0.1, -0.05) is 36.4 Å². The molecule has 0 atom stereocenters. The van der Waals surface area contributed by atoms with Gasteiger partial charge in [0, 0.05) is 37.1 Å². The van der Waals surface area contributed by atoms with Gasteiger partial charge in [0.05, 0.1) is 5.56 Å². The molecule has 0 spiro atoms. The standard InChI is InChI=1S/C23H26N6O3/c24-21(32)19-15-26-23(29-22(19)25-14-16-7-2-1-3-8-16)28-18-10-6-9-17(13-18)27-20(31)11-4-5-12-30/h1-3,6-10,13,15,30H,4-5,11-12,14H2,(H2,24,32)(H,27,31)(H2,25,26,28,29). The fraction of sp³-hybridized carbons (Fsp3) is 0.217. The van der Waals surface area contributed by atoms with Gasteiger partial charge in [0.25, 0.3) is 5.91 Å². The van der Waals surface area contributed by atoms with Crippen molar-refractivity contribution < 1.29 is 14.7 Å². The van der Waals surface area contributed by atoms with Crippen molar-refractivity contribution in [2.45, 2.75) is 25.8 Å². The van der Waals surface area contributed by atoms with Crippen LogP contribution in [0.1, 0.15) is 35.2 Å². The van der Waals surface area contributed by atoms with E-state index in [1.165, 1.54) is 6.20 Å². The van der Waals surface area contributed by atoms with Crippen molar-refractivity contribution in [2.24, 2.45) is 5.73 Å². The number of amides is 2. The van der Waals surface area contributed by atoms with E-state index in [9.17, 15) is 9.59 Å². The average Bonchev–Trinajstić information content (AvgIpc) is 2.79. The number of aliphatic hydroxyl groups excluding tert-OH is 1. The highest BCUT2D eigenvalue weighted by Gasteiger charge is 2.12.